The molecule has 0 bridgehead atoms. The number of hydrogen-bond acceptors (Lipinski definition) is 4. The van der Waals surface area contributed by atoms with Gasteiger partial charge in [0.2, 0.25) is 0 Å². The fourth-order valence-electron chi connectivity index (χ4n) is 1.66. The molecule has 126 valence electrons. The van der Waals surface area contributed by atoms with Gasteiger partial charge in [0, 0.05) is 11.1 Å². The molecular formula is C16H12Cl2FNO4. The third-order valence-corrected chi connectivity index (χ3v) is 3.27. The van der Waals surface area contributed by atoms with Crippen molar-refractivity contribution in [1.29, 1.82) is 0 Å². The molecule has 0 radical (unpaired) electrons. The van der Waals surface area contributed by atoms with Crippen molar-refractivity contribution in [3.63, 3.8) is 0 Å². The highest BCUT2D eigenvalue weighted by Gasteiger charge is 2.10. The lowest BCUT2D eigenvalue weighted by molar-refractivity contribution is -0.149. The highest BCUT2D eigenvalue weighted by molar-refractivity contribution is 6.36. The third kappa shape index (κ3) is 5.72. The SMILES string of the molecule is O=C(COC(=O)COc1cccc(F)c1)Nc1ccc(Cl)cc1Cl. The number of nitrogens with one attached hydrogen (secondary N) is 1. The lowest BCUT2D eigenvalue weighted by Crippen LogP contribution is -2.23. The Bertz CT molecular complexity index is 755. The molecule has 0 aromatic heterocycles. The van der Waals surface area contributed by atoms with Crippen molar-refractivity contribution in [3.8, 4) is 5.75 Å². The van der Waals surface area contributed by atoms with Gasteiger partial charge in [0.1, 0.15) is 11.6 Å². The molecule has 2 aromatic rings. The number of amides is 1. The topological polar surface area (TPSA) is 64.6 Å². The first kappa shape index (κ1) is 18.0. The normalized spacial score (nSPS) is 10.1. The Balaban J connectivity index is 1.75. The number of esters is 1. The van der Waals surface area contributed by atoms with Gasteiger partial charge < -0.3 is 14.8 Å². The van der Waals surface area contributed by atoms with Crippen molar-refractivity contribution in [2.45, 2.75) is 0 Å². The Morgan fingerprint density at radius 1 is 1.08 bits per heavy atom. The summed E-state index contributed by atoms with van der Waals surface area (Å²) in [5, 5.41) is 3.17. The molecule has 0 saturated carbocycles. The van der Waals surface area contributed by atoms with Crippen LogP contribution < -0.4 is 10.1 Å². The number of carbonyl (C=O) groups is 2. The van der Waals surface area contributed by atoms with Crippen LogP contribution in [0.2, 0.25) is 10.0 Å². The average Bonchev–Trinajstić information content (AvgIpc) is 2.54. The minimum absolute atomic E-state index is 0.185. The van der Waals surface area contributed by atoms with E-state index in [0.717, 1.165) is 6.07 Å². The molecule has 0 fully saturated rings. The van der Waals surface area contributed by atoms with Crippen LogP contribution in [-0.2, 0) is 14.3 Å². The number of halogens is 3. The summed E-state index contributed by atoms with van der Waals surface area (Å²) in [4.78, 5) is 23.2. The van der Waals surface area contributed by atoms with Gasteiger partial charge >= 0.3 is 5.97 Å². The van der Waals surface area contributed by atoms with Crippen LogP contribution in [-0.4, -0.2) is 25.1 Å². The van der Waals surface area contributed by atoms with Gasteiger partial charge in [-0.15, -0.1) is 0 Å². The average molecular weight is 372 g/mol. The first-order valence-electron chi connectivity index (χ1n) is 6.73. The molecule has 24 heavy (non-hydrogen) atoms. The quantitative estimate of drug-likeness (QED) is 0.786. The third-order valence-electron chi connectivity index (χ3n) is 2.72. The zero-order chi connectivity index (χ0) is 17.5. The molecule has 0 aliphatic rings. The van der Waals surface area contributed by atoms with Gasteiger partial charge in [-0.25, -0.2) is 9.18 Å². The largest absolute Gasteiger partial charge is 0.482 e. The fraction of sp³-hybridized carbons (Fsp3) is 0.125. The van der Waals surface area contributed by atoms with E-state index in [0.29, 0.717) is 10.7 Å². The molecule has 0 saturated heterocycles. The standard InChI is InChI=1S/C16H12Cl2FNO4/c17-10-4-5-14(13(18)6-10)20-15(21)8-24-16(22)9-23-12-3-1-2-11(19)7-12/h1-7H,8-9H2,(H,20,21). The first-order valence-corrected chi connectivity index (χ1v) is 7.48. The minimum atomic E-state index is -0.767. The zero-order valence-corrected chi connectivity index (χ0v) is 13.7. The molecule has 0 atom stereocenters. The Morgan fingerprint density at radius 3 is 2.58 bits per heavy atom. The second-order valence-electron chi connectivity index (χ2n) is 4.58. The smallest absolute Gasteiger partial charge is 0.344 e. The summed E-state index contributed by atoms with van der Waals surface area (Å²) < 4.78 is 22.7. The van der Waals surface area contributed by atoms with Crippen LogP contribution in [0.4, 0.5) is 10.1 Å². The maximum absolute atomic E-state index is 12.9. The maximum Gasteiger partial charge on any atom is 0.344 e. The first-order chi connectivity index (χ1) is 11.4. The number of ether oxygens (including phenoxy) is 2. The summed E-state index contributed by atoms with van der Waals surface area (Å²) in [6, 6.07) is 9.86. The van der Waals surface area contributed by atoms with E-state index >= 15 is 0 Å². The Hall–Kier alpha value is -2.31. The van der Waals surface area contributed by atoms with Crippen molar-refractivity contribution in [1.82, 2.24) is 0 Å². The van der Waals surface area contributed by atoms with Crippen molar-refractivity contribution in [2.75, 3.05) is 18.5 Å². The van der Waals surface area contributed by atoms with Crippen LogP contribution in [0.25, 0.3) is 0 Å². The Labute approximate surface area is 147 Å². The predicted molar refractivity (Wildman–Crippen MR) is 87.9 cm³/mol. The van der Waals surface area contributed by atoms with Gasteiger partial charge in [0.05, 0.1) is 10.7 Å². The van der Waals surface area contributed by atoms with Crippen LogP contribution in [0.15, 0.2) is 42.5 Å². The van der Waals surface area contributed by atoms with Crippen LogP contribution >= 0.6 is 23.2 Å². The molecule has 0 heterocycles. The molecule has 0 aliphatic heterocycles. The highest BCUT2D eigenvalue weighted by atomic mass is 35.5. The predicted octanol–water partition coefficient (Wildman–Crippen LogP) is 3.69. The van der Waals surface area contributed by atoms with E-state index in [-0.39, 0.29) is 10.8 Å². The lowest BCUT2D eigenvalue weighted by atomic mass is 10.3. The zero-order valence-electron chi connectivity index (χ0n) is 12.2. The van der Waals surface area contributed by atoms with E-state index in [9.17, 15) is 14.0 Å². The summed E-state index contributed by atoms with van der Waals surface area (Å²) in [6.07, 6.45) is 0. The second-order valence-corrected chi connectivity index (χ2v) is 5.42. The Kier molecular flexibility index (Phi) is 6.40. The van der Waals surface area contributed by atoms with Crippen molar-refractivity contribution in [2.24, 2.45) is 0 Å². The summed E-state index contributed by atoms with van der Waals surface area (Å²) in [5.74, 6) is -1.64. The molecule has 2 rings (SSSR count). The second kappa shape index (κ2) is 8.52. The number of rotatable bonds is 6. The van der Waals surface area contributed by atoms with Gasteiger partial charge in [0.15, 0.2) is 13.2 Å². The van der Waals surface area contributed by atoms with Crippen molar-refractivity contribution in [3.05, 3.63) is 58.3 Å². The summed E-state index contributed by atoms with van der Waals surface area (Å²) in [5.41, 5.74) is 0.345. The van der Waals surface area contributed by atoms with E-state index in [1.807, 2.05) is 0 Å². The van der Waals surface area contributed by atoms with E-state index in [1.54, 1.807) is 6.07 Å². The summed E-state index contributed by atoms with van der Waals surface area (Å²) in [7, 11) is 0. The van der Waals surface area contributed by atoms with Crippen LogP contribution in [0.1, 0.15) is 0 Å². The van der Waals surface area contributed by atoms with Gasteiger partial charge in [0.25, 0.3) is 5.91 Å². The van der Waals surface area contributed by atoms with Crippen LogP contribution in [0.3, 0.4) is 0 Å². The molecule has 0 aliphatic carbocycles. The van der Waals surface area contributed by atoms with E-state index in [1.165, 1.54) is 30.3 Å². The molecule has 0 unspecified atom stereocenters. The summed E-state index contributed by atoms with van der Waals surface area (Å²) >= 11 is 11.7. The molecule has 5 nitrogen and oxygen atoms in total. The van der Waals surface area contributed by atoms with Crippen molar-refractivity contribution < 1.29 is 23.5 Å². The van der Waals surface area contributed by atoms with Gasteiger partial charge in [-0.3, -0.25) is 4.79 Å². The van der Waals surface area contributed by atoms with Gasteiger partial charge in [-0.1, -0.05) is 29.3 Å². The molecule has 8 heteroatoms. The van der Waals surface area contributed by atoms with Crippen molar-refractivity contribution >= 4 is 40.8 Å². The number of anilines is 1. The fourth-order valence-corrected chi connectivity index (χ4v) is 2.12. The molecule has 1 amide bonds. The highest BCUT2D eigenvalue weighted by Crippen LogP contribution is 2.25. The maximum atomic E-state index is 12.9. The molecule has 0 spiro atoms. The van der Waals surface area contributed by atoms with Gasteiger partial charge in [-0.05, 0) is 30.3 Å². The number of benzene rings is 2. The minimum Gasteiger partial charge on any atom is -0.482 e. The Morgan fingerprint density at radius 2 is 1.88 bits per heavy atom. The lowest BCUT2D eigenvalue weighted by Gasteiger charge is -2.09. The summed E-state index contributed by atoms with van der Waals surface area (Å²) in [6.45, 7) is -0.956. The van der Waals surface area contributed by atoms with E-state index < -0.39 is 30.9 Å². The molecule has 2 aromatic carbocycles. The van der Waals surface area contributed by atoms with E-state index in [2.05, 4.69) is 5.32 Å². The monoisotopic (exact) mass is 371 g/mol. The van der Waals surface area contributed by atoms with Crippen LogP contribution in [0.5, 0.6) is 5.75 Å². The van der Waals surface area contributed by atoms with E-state index in [4.69, 9.17) is 32.7 Å². The molecular weight excluding hydrogens is 360 g/mol. The molecule has 1 N–H and O–H groups in total. The number of hydrogen-bond donors (Lipinski definition) is 1. The van der Waals surface area contributed by atoms with Gasteiger partial charge in [-0.2, -0.15) is 0 Å². The number of carbonyl (C=O) groups excluding carboxylic acids is 2. The van der Waals surface area contributed by atoms with Crippen LogP contribution in [0, 0.1) is 5.82 Å².